The van der Waals surface area contributed by atoms with Gasteiger partial charge in [0, 0.05) is 6.07 Å². The summed E-state index contributed by atoms with van der Waals surface area (Å²) >= 11 is 0. The van der Waals surface area contributed by atoms with Gasteiger partial charge >= 0.3 is 0 Å². The Bertz CT molecular complexity index is 371. The van der Waals surface area contributed by atoms with Gasteiger partial charge in [-0.05, 0) is 0 Å². The molecule has 0 aliphatic rings. The maximum absolute atomic E-state index is 13.2. The Hall–Kier alpha value is -1.40. The lowest BCUT2D eigenvalue weighted by atomic mass is 10.0. The zero-order valence-corrected chi connectivity index (χ0v) is 8.00. The van der Waals surface area contributed by atoms with E-state index < -0.39 is 30.0 Å². The fourth-order valence-electron chi connectivity index (χ4n) is 1.25. The number of ether oxygens (including phenoxy) is 1. The van der Waals surface area contributed by atoms with Crippen molar-refractivity contribution in [3.8, 4) is 11.5 Å². The molecule has 0 fully saturated rings. The van der Waals surface area contributed by atoms with Gasteiger partial charge in [0.15, 0.2) is 23.1 Å². The first-order valence-corrected chi connectivity index (χ1v) is 4.14. The molecule has 1 aromatic rings. The number of phenols is 1. The second-order valence-electron chi connectivity index (χ2n) is 2.92. The molecule has 0 aliphatic carbocycles. The van der Waals surface area contributed by atoms with E-state index in [9.17, 15) is 13.9 Å². The van der Waals surface area contributed by atoms with Crippen LogP contribution in [0.5, 0.6) is 11.5 Å². The fourth-order valence-corrected chi connectivity index (χ4v) is 1.25. The van der Waals surface area contributed by atoms with E-state index in [1.807, 2.05) is 0 Å². The van der Waals surface area contributed by atoms with Crippen LogP contribution >= 0.6 is 0 Å². The molecule has 1 unspecified atom stereocenters. The molecule has 4 nitrogen and oxygen atoms in total. The number of aliphatic hydroxyl groups excluding tert-OH is 1. The SMILES string of the molecule is COc1c(F)cc(F)c(O)c1C(N)CO. The van der Waals surface area contributed by atoms with E-state index in [0.717, 1.165) is 7.11 Å². The number of aromatic hydroxyl groups is 1. The minimum atomic E-state index is -1.15. The van der Waals surface area contributed by atoms with Crippen LogP contribution in [-0.2, 0) is 0 Å². The van der Waals surface area contributed by atoms with Gasteiger partial charge in [0.25, 0.3) is 0 Å². The molecule has 6 heteroatoms. The second kappa shape index (κ2) is 4.41. The molecular formula is C9H11F2NO3. The number of benzene rings is 1. The summed E-state index contributed by atoms with van der Waals surface area (Å²) in [6, 6.07) is -0.618. The number of aliphatic hydroxyl groups is 1. The van der Waals surface area contributed by atoms with E-state index in [1.54, 1.807) is 0 Å². The van der Waals surface area contributed by atoms with Crippen molar-refractivity contribution in [1.29, 1.82) is 0 Å². The lowest BCUT2D eigenvalue weighted by Crippen LogP contribution is -2.17. The van der Waals surface area contributed by atoms with Gasteiger partial charge in [0.2, 0.25) is 0 Å². The van der Waals surface area contributed by atoms with E-state index in [-0.39, 0.29) is 11.3 Å². The third-order valence-corrected chi connectivity index (χ3v) is 1.97. The average Bonchev–Trinajstić information content (AvgIpc) is 2.21. The predicted octanol–water partition coefficient (Wildman–Crippen LogP) is 0.671. The number of nitrogens with two attached hydrogens (primary N) is 1. The first-order valence-electron chi connectivity index (χ1n) is 4.14. The molecule has 0 spiro atoms. The van der Waals surface area contributed by atoms with Crippen LogP contribution in [-0.4, -0.2) is 23.9 Å². The van der Waals surface area contributed by atoms with E-state index in [2.05, 4.69) is 4.74 Å². The number of halogens is 2. The van der Waals surface area contributed by atoms with Gasteiger partial charge in [-0.3, -0.25) is 0 Å². The number of hydrogen-bond acceptors (Lipinski definition) is 4. The second-order valence-corrected chi connectivity index (χ2v) is 2.92. The highest BCUT2D eigenvalue weighted by Crippen LogP contribution is 2.36. The number of rotatable bonds is 3. The third kappa shape index (κ3) is 2.00. The Kier molecular flexibility index (Phi) is 3.43. The smallest absolute Gasteiger partial charge is 0.168 e. The zero-order chi connectivity index (χ0) is 11.6. The molecule has 15 heavy (non-hydrogen) atoms. The van der Waals surface area contributed by atoms with Crippen molar-refractivity contribution in [3.05, 3.63) is 23.3 Å². The molecule has 1 rings (SSSR count). The van der Waals surface area contributed by atoms with E-state index in [1.165, 1.54) is 0 Å². The minimum absolute atomic E-state index is 0.280. The van der Waals surface area contributed by atoms with Crippen LogP contribution in [0.25, 0.3) is 0 Å². The number of hydrogen-bond donors (Lipinski definition) is 3. The lowest BCUT2D eigenvalue weighted by Gasteiger charge is -2.16. The van der Waals surface area contributed by atoms with Crippen LogP contribution in [0, 0.1) is 11.6 Å². The van der Waals surface area contributed by atoms with Crippen LogP contribution in [0.1, 0.15) is 11.6 Å². The lowest BCUT2D eigenvalue weighted by molar-refractivity contribution is 0.258. The molecule has 0 saturated heterocycles. The van der Waals surface area contributed by atoms with Crippen molar-refractivity contribution in [2.75, 3.05) is 13.7 Å². The highest BCUT2D eigenvalue weighted by atomic mass is 19.1. The maximum Gasteiger partial charge on any atom is 0.168 e. The van der Waals surface area contributed by atoms with Gasteiger partial charge in [-0.1, -0.05) is 0 Å². The van der Waals surface area contributed by atoms with Crippen molar-refractivity contribution in [1.82, 2.24) is 0 Å². The monoisotopic (exact) mass is 219 g/mol. The number of phenolic OH excluding ortho intramolecular Hbond substituents is 1. The van der Waals surface area contributed by atoms with Crippen molar-refractivity contribution in [2.24, 2.45) is 5.73 Å². The number of methoxy groups -OCH3 is 1. The van der Waals surface area contributed by atoms with Crippen molar-refractivity contribution < 1.29 is 23.7 Å². The summed E-state index contributed by atoms with van der Waals surface area (Å²) in [7, 11) is 1.16. The molecule has 0 radical (unpaired) electrons. The predicted molar refractivity (Wildman–Crippen MR) is 48.6 cm³/mol. The Labute approximate surface area is 84.9 Å². The van der Waals surface area contributed by atoms with Crippen molar-refractivity contribution in [2.45, 2.75) is 6.04 Å². The summed E-state index contributed by atoms with van der Waals surface area (Å²) < 4.78 is 30.8. The molecule has 1 aromatic carbocycles. The van der Waals surface area contributed by atoms with Crippen LogP contribution in [0.2, 0.25) is 0 Å². The third-order valence-electron chi connectivity index (χ3n) is 1.97. The molecular weight excluding hydrogens is 208 g/mol. The standard InChI is InChI=1S/C9H11F2NO3/c1-15-9-5(11)2-4(10)8(14)7(9)6(12)3-13/h2,6,13-14H,3,12H2,1H3. The van der Waals surface area contributed by atoms with Gasteiger partial charge in [-0.15, -0.1) is 0 Å². The molecule has 0 bridgehead atoms. The molecule has 0 heterocycles. The molecule has 1 atom stereocenters. The van der Waals surface area contributed by atoms with Gasteiger partial charge in [0.05, 0.1) is 25.3 Å². The summed E-state index contributed by atoms with van der Waals surface area (Å²) in [6.45, 7) is -0.563. The van der Waals surface area contributed by atoms with Gasteiger partial charge < -0.3 is 20.7 Å². The van der Waals surface area contributed by atoms with Crippen LogP contribution < -0.4 is 10.5 Å². The summed E-state index contributed by atoms with van der Waals surface area (Å²) in [4.78, 5) is 0. The van der Waals surface area contributed by atoms with Gasteiger partial charge in [-0.25, -0.2) is 8.78 Å². The minimum Gasteiger partial charge on any atom is -0.504 e. The first kappa shape index (κ1) is 11.7. The zero-order valence-electron chi connectivity index (χ0n) is 8.00. The van der Waals surface area contributed by atoms with Gasteiger partial charge in [0.1, 0.15) is 0 Å². The molecule has 0 saturated carbocycles. The molecule has 0 aromatic heterocycles. The average molecular weight is 219 g/mol. The highest BCUT2D eigenvalue weighted by Gasteiger charge is 2.23. The van der Waals surface area contributed by atoms with Crippen molar-refractivity contribution in [3.63, 3.8) is 0 Å². The summed E-state index contributed by atoms with van der Waals surface area (Å²) in [5, 5.41) is 18.1. The fraction of sp³-hybridized carbons (Fsp3) is 0.333. The Balaban J connectivity index is 3.43. The van der Waals surface area contributed by atoms with Crippen LogP contribution in [0.3, 0.4) is 0 Å². The quantitative estimate of drug-likeness (QED) is 0.698. The Morgan fingerprint density at radius 3 is 2.53 bits per heavy atom. The summed E-state index contributed by atoms with van der Waals surface area (Å²) in [5.41, 5.74) is 5.11. The molecule has 0 aliphatic heterocycles. The normalized spacial score (nSPS) is 12.6. The van der Waals surface area contributed by atoms with Crippen LogP contribution in [0.15, 0.2) is 6.07 Å². The van der Waals surface area contributed by atoms with Crippen LogP contribution in [0.4, 0.5) is 8.78 Å². The van der Waals surface area contributed by atoms with E-state index in [0.29, 0.717) is 6.07 Å². The first-order chi connectivity index (χ1) is 7.02. The van der Waals surface area contributed by atoms with E-state index in [4.69, 9.17) is 10.8 Å². The highest BCUT2D eigenvalue weighted by molar-refractivity contribution is 5.48. The molecule has 0 amide bonds. The largest absolute Gasteiger partial charge is 0.504 e. The Morgan fingerprint density at radius 2 is 2.07 bits per heavy atom. The molecule has 4 N–H and O–H groups in total. The maximum atomic E-state index is 13.2. The van der Waals surface area contributed by atoms with E-state index >= 15 is 0 Å². The van der Waals surface area contributed by atoms with Crippen molar-refractivity contribution >= 4 is 0 Å². The summed E-state index contributed by atoms with van der Waals surface area (Å²) in [5.74, 6) is -3.30. The van der Waals surface area contributed by atoms with Gasteiger partial charge in [-0.2, -0.15) is 0 Å². The Morgan fingerprint density at radius 1 is 1.47 bits per heavy atom. The molecule has 84 valence electrons. The summed E-state index contributed by atoms with van der Waals surface area (Å²) in [6.07, 6.45) is 0. The topological polar surface area (TPSA) is 75.7 Å².